The average molecular weight is 827 g/mol. The van der Waals surface area contributed by atoms with Crippen molar-refractivity contribution in [3.05, 3.63) is 66.2 Å². The number of fused-ring (bicyclic) bond motifs is 2. The third-order valence-electron chi connectivity index (χ3n) is 12.0. The molecule has 5 saturated heterocycles. The molecule has 0 aliphatic carbocycles. The van der Waals surface area contributed by atoms with Crippen molar-refractivity contribution in [1.82, 2.24) is 19.1 Å². The molecular weight excluding hydrogens is 765 g/mol. The fourth-order valence-electron chi connectivity index (χ4n) is 9.23. The molecule has 5 fully saturated rings. The van der Waals surface area contributed by atoms with Gasteiger partial charge in [-0.2, -0.15) is 0 Å². The number of aromatic nitrogens is 4. The number of hydrogen-bond acceptors (Lipinski definition) is 13. The molecule has 316 valence electrons. The second kappa shape index (κ2) is 17.0. The molecule has 0 saturated carbocycles. The van der Waals surface area contributed by atoms with Gasteiger partial charge in [0.15, 0.2) is 12.5 Å². The van der Waals surface area contributed by atoms with Gasteiger partial charge in [0.1, 0.15) is 35.6 Å². The summed E-state index contributed by atoms with van der Waals surface area (Å²) in [5.41, 5.74) is -3.24. The van der Waals surface area contributed by atoms with Crippen molar-refractivity contribution in [2.24, 2.45) is 0 Å². The molecule has 0 aromatic carbocycles. The lowest BCUT2D eigenvalue weighted by Gasteiger charge is -2.52. The number of rotatable bonds is 7. The van der Waals surface area contributed by atoms with Crippen molar-refractivity contribution >= 4 is 17.1 Å². The minimum atomic E-state index is -2.88. The van der Waals surface area contributed by atoms with Gasteiger partial charge in [0.25, 0.3) is 11.1 Å². The number of nitrogens with zero attached hydrogens (tertiary/aromatic N) is 2. The van der Waals surface area contributed by atoms with Gasteiger partial charge in [-0.3, -0.25) is 28.7 Å². The largest absolute Gasteiger partial charge is 0.414 e. The summed E-state index contributed by atoms with van der Waals surface area (Å²) in [6.07, 6.45) is 1.23. The first-order chi connectivity index (χ1) is 26.0. The Labute approximate surface area is 329 Å². The zero-order valence-corrected chi connectivity index (χ0v) is 35.0. The molecule has 7 rings (SSSR count). The summed E-state index contributed by atoms with van der Waals surface area (Å²) in [7, 11) is -5.59. The first kappa shape index (κ1) is 44.5. The van der Waals surface area contributed by atoms with Crippen LogP contribution in [-0.4, -0.2) is 108 Å². The second-order valence-electron chi connectivity index (χ2n) is 16.5. The molecule has 7 heterocycles. The third kappa shape index (κ3) is 7.46. The van der Waals surface area contributed by atoms with E-state index in [9.17, 15) is 29.4 Å². The van der Waals surface area contributed by atoms with E-state index in [1.54, 1.807) is 0 Å². The first-order valence-electron chi connectivity index (χ1n) is 19.5. The Morgan fingerprint density at radius 3 is 1.68 bits per heavy atom. The number of ether oxygens (including phenoxy) is 4. The smallest absolute Gasteiger partial charge is 0.335 e. The molecule has 0 bridgehead atoms. The number of aliphatic hydroxyl groups excluding tert-OH is 2. The van der Waals surface area contributed by atoms with Crippen LogP contribution in [0.3, 0.4) is 0 Å². The Morgan fingerprint density at radius 2 is 1.25 bits per heavy atom. The molecule has 19 heteroatoms. The second-order valence-corrected chi connectivity index (χ2v) is 25.4. The monoisotopic (exact) mass is 826 g/mol. The van der Waals surface area contributed by atoms with E-state index in [1.165, 1.54) is 33.7 Å². The molecular formula is C37H62N4O13Si2. The lowest BCUT2D eigenvalue weighted by Crippen LogP contribution is -2.67. The predicted octanol–water partition coefficient (Wildman–Crippen LogP) is 2.91. The van der Waals surface area contributed by atoms with Gasteiger partial charge >= 0.3 is 28.5 Å². The average Bonchev–Trinajstić information content (AvgIpc) is 3.91. The van der Waals surface area contributed by atoms with Crippen LogP contribution in [0.2, 0.25) is 22.2 Å². The fourth-order valence-corrected chi connectivity index (χ4v) is 20.5. The van der Waals surface area contributed by atoms with Crippen LogP contribution in [0.5, 0.6) is 0 Å². The standard InChI is InChI=1S/C24H42N2O7Si2.C12H16N2O6.CH4/c1-15(2)34(16(3)4)30-14-19-21(32-35(33-34,17(5)6)18(7)8)24(11-9-13-29-24)22(31-19)26-12-10-20(27)25-23(26)28;15-6-7-9(17)12(3-1-5-19-12)10(20-7)14-4-2-8(16)13-11(14)18;/h10,12,15-19,21-22H,9,11,13-14H2,1-8H3,(H,25,27,28);2,4,7,9-10,15,17H,1,3,5-6H2,(H,13,16,18);1H4/t19?,21?,22?,24-;7-,9-,10-,12+;/m01./s1. The number of hydrogen-bond donors (Lipinski definition) is 4. The van der Waals surface area contributed by atoms with Crippen LogP contribution in [0.1, 0.15) is 101 Å². The van der Waals surface area contributed by atoms with E-state index in [1.807, 2.05) is 0 Å². The summed E-state index contributed by atoms with van der Waals surface area (Å²) < 4.78 is 48.3. The maximum absolute atomic E-state index is 12.8. The molecule has 5 aliphatic rings. The van der Waals surface area contributed by atoms with Gasteiger partial charge in [0, 0.05) is 37.7 Å². The first-order valence-corrected chi connectivity index (χ1v) is 23.4. The zero-order valence-electron chi connectivity index (χ0n) is 33.0. The molecule has 2 aromatic heterocycles. The normalized spacial score (nSPS) is 33.5. The number of aliphatic hydroxyl groups is 2. The maximum Gasteiger partial charge on any atom is 0.335 e. The minimum Gasteiger partial charge on any atom is -0.414 e. The van der Waals surface area contributed by atoms with Crippen LogP contribution in [0, 0.1) is 0 Å². The van der Waals surface area contributed by atoms with Crippen molar-refractivity contribution in [2.75, 3.05) is 26.4 Å². The van der Waals surface area contributed by atoms with Crippen LogP contribution in [0.25, 0.3) is 0 Å². The minimum absolute atomic E-state index is 0. The predicted molar refractivity (Wildman–Crippen MR) is 210 cm³/mol. The lowest BCUT2D eigenvalue weighted by atomic mass is 9.91. The van der Waals surface area contributed by atoms with Gasteiger partial charge in [-0.1, -0.05) is 62.8 Å². The quantitative estimate of drug-likeness (QED) is 0.296. The molecule has 2 spiro atoms. The highest BCUT2D eigenvalue weighted by Gasteiger charge is 2.67. The highest BCUT2D eigenvalue weighted by Crippen LogP contribution is 2.54. The van der Waals surface area contributed by atoms with Crippen LogP contribution >= 0.6 is 0 Å². The Hall–Kier alpha value is -2.57. The van der Waals surface area contributed by atoms with Gasteiger partial charge in [0.2, 0.25) is 0 Å². The zero-order chi connectivity index (χ0) is 40.1. The molecule has 0 radical (unpaired) electrons. The van der Waals surface area contributed by atoms with Crippen molar-refractivity contribution in [2.45, 2.75) is 159 Å². The van der Waals surface area contributed by atoms with Crippen LogP contribution in [0.15, 0.2) is 43.7 Å². The highest BCUT2D eigenvalue weighted by atomic mass is 28.5. The molecule has 0 amide bonds. The van der Waals surface area contributed by atoms with Gasteiger partial charge in [0.05, 0.1) is 13.2 Å². The number of nitrogens with one attached hydrogen (secondary N) is 2. The Bertz CT molecular complexity index is 1870. The van der Waals surface area contributed by atoms with E-state index >= 15 is 0 Å². The molecule has 2 aromatic rings. The summed E-state index contributed by atoms with van der Waals surface area (Å²) in [5, 5.41) is 19.6. The van der Waals surface area contributed by atoms with Crippen molar-refractivity contribution in [3.63, 3.8) is 0 Å². The molecule has 3 unspecified atom stereocenters. The summed E-state index contributed by atoms with van der Waals surface area (Å²) in [4.78, 5) is 52.1. The molecule has 56 heavy (non-hydrogen) atoms. The van der Waals surface area contributed by atoms with Crippen molar-refractivity contribution in [1.29, 1.82) is 0 Å². The Balaban J connectivity index is 0.000000242. The highest BCUT2D eigenvalue weighted by molar-refractivity contribution is 6.84. The SMILES string of the molecule is C.CC(C)[Si]1(C(C)C)OCC2OC(n3ccc(=O)[nH]c3=O)[C@]3(CCCO3)C2O[Si](C(C)C)(C(C)C)O1.O=c1ccn([C@@H]2O[C@H](CO)[C@@H](O)[C@@]23CCCO3)c(=O)[nH]1. The molecule has 4 N–H and O–H groups in total. The number of aromatic amines is 2. The van der Waals surface area contributed by atoms with E-state index < -0.39 is 87.7 Å². The van der Waals surface area contributed by atoms with Crippen molar-refractivity contribution < 1.29 is 42.1 Å². The van der Waals surface area contributed by atoms with E-state index in [0.717, 1.165) is 12.8 Å². The van der Waals surface area contributed by atoms with Crippen LogP contribution in [-0.2, 0) is 31.9 Å². The summed E-state index contributed by atoms with van der Waals surface area (Å²) in [5.74, 6) is 0. The Kier molecular flexibility index (Phi) is 13.5. The van der Waals surface area contributed by atoms with E-state index in [-0.39, 0.29) is 36.2 Å². The van der Waals surface area contributed by atoms with Gasteiger partial charge in [-0.15, -0.1) is 0 Å². The summed E-state index contributed by atoms with van der Waals surface area (Å²) >= 11 is 0. The fraction of sp³-hybridized carbons (Fsp3) is 0.784. The van der Waals surface area contributed by atoms with Crippen LogP contribution in [0.4, 0.5) is 0 Å². The third-order valence-corrected chi connectivity index (χ3v) is 22.2. The summed E-state index contributed by atoms with van der Waals surface area (Å²) in [6, 6.07) is 2.54. The maximum atomic E-state index is 12.8. The lowest BCUT2D eigenvalue weighted by molar-refractivity contribution is -0.122. The summed E-state index contributed by atoms with van der Waals surface area (Å²) in [6.45, 7) is 18.4. The van der Waals surface area contributed by atoms with E-state index in [4.69, 9.17) is 31.9 Å². The molecule has 5 aliphatic heterocycles. The van der Waals surface area contributed by atoms with E-state index in [0.29, 0.717) is 32.7 Å². The molecule has 8 atom stereocenters. The Morgan fingerprint density at radius 1 is 0.768 bits per heavy atom. The van der Waals surface area contributed by atoms with Gasteiger partial charge in [-0.25, -0.2) is 9.59 Å². The van der Waals surface area contributed by atoms with Crippen LogP contribution < -0.4 is 22.5 Å². The van der Waals surface area contributed by atoms with E-state index in [2.05, 4.69) is 65.4 Å². The topological polar surface area (TPSA) is 215 Å². The molecule has 17 nitrogen and oxygen atoms in total. The van der Waals surface area contributed by atoms with Gasteiger partial charge in [-0.05, 0) is 47.8 Å². The van der Waals surface area contributed by atoms with Gasteiger partial charge < -0.3 is 42.1 Å². The number of H-pyrrole nitrogens is 2. The van der Waals surface area contributed by atoms with Crippen molar-refractivity contribution in [3.8, 4) is 0 Å².